The molecule has 1 amide bonds. The second-order valence-corrected chi connectivity index (χ2v) is 10.3. The topological polar surface area (TPSA) is 119 Å². The van der Waals surface area contributed by atoms with E-state index in [1.54, 1.807) is 4.90 Å². The number of aromatic nitrogens is 2. The predicted octanol–water partition coefficient (Wildman–Crippen LogP) is 4.42. The Labute approximate surface area is 217 Å². The standard InChI is InChI=1S/C29H34N4O4/c30-27-26-28(32-24(31-27)15-8-19-4-2-1-3-5-19)37-17-16-33(29(26)36)23-13-11-22(12-14-23)21-9-6-20(7-10-21)18-25(34)35/h1-5,11,13-14,20-22H,6-10,12,15-18H2,(H,34,35)(H2,30,31,32). The van der Waals surface area contributed by atoms with E-state index in [9.17, 15) is 9.59 Å². The number of amides is 1. The van der Waals surface area contributed by atoms with Gasteiger partial charge in [0.1, 0.15) is 23.8 Å². The van der Waals surface area contributed by atoms with Gasteiger partial charge in [-0.25, -0.2) is 4.98 Å². The van der Waals surface area contributed by atoms with E-state index in [2.05, 4.69) is 34.3 Å². The average molecular weight is 503 g/mol. The van der Waals surface area contributed by atoms with Crippen LogP contribution in [0.2, 0.25) is 0 Å². The van der Waals surface area contributed by atoms with E-state index in [4.69, 9.17) is 15.6 Å². The van der Waals surface area contributed by atoms with Crippen LogP contribution >= 0.6 is 0 Å². The zero-order valence-electron chi connectivity index (χ0n) is 21.0. The summed E-state index contributed by atoms with van der Waals surface area (Å²) in [4.78, 5) is 35.2. The van der Waals surface area contributed by atoms with Crippen molar-refractivity contribution in [3.63, 3.8) is 0 Å². The van der Waals surface area contributed by atoms with Gasteiger partial charge in [0.05, 0.1) is 6.54 Å². The maximum absolute atomic E-state index is 13.5. The second kappa shape index (κ2) is 11.2. The van der Waals surface area contributed by atoms with Crippen LogP contribution in [0.15, 0.2) is 54.3 Å². The fraction of sp³-hybridized carbons (Fsp3) is 0.448. The minimum Gasteiger partial charge on any atom is -0.481 e. The zero-order valence-corrected chi connectivity index (χ0v) is 21.0. The first-order valence-electron chi connectivity index (χ1n) is 13.2. The number of nitrogens with zero attached hydrogens (tertiary/aromatic N) is 3. The first-order chi connectivity index (χ1) is 18.0. The third-order valence-electron chi connectivity index (χ3n) is 7.83. The summed E-state index contributed by atoms with van der Waals surface area (Å²) in [7, 11) is 0. The van der Waals surface area contributed by atoms with Crippen LogP contribution in [0, 0.1) is 17.8 Å². The number of carboxylic acid groups (broad SMARTS) is 1. The summed E-state index contributed by atoms with van der Waals surface area (Å²) in [6, 6.07) is 10.1. The van der Waals surface area contributed by atoms with Crippen molar-refractivity contribution in [1.29, 1.82) is 0 Å². The van der Waals surface area contributed by atoms with Crippen molar-refractivity contribution in [2.45, 2.75) is 51.4 Å². The van der Waals surface area contributed by atoms with Crippen molar-refractivity contribution in [3.8, 4) is 5.88 Å². The lowest BCUT2D eigenvalue weighted by Crippen LogP contribution is -2.33. The van der Waals surface area contributed by atoms with E-state index >= 15 is 0 Å². The Hall–Kier alpha value is -3.68. The van der Waals surface area contributed by atoms with Crippen LogP contribution in [0.5, 0.6) is 5.88 Å². The van der Waals surface area contributed by atoms with E-state index in [0.717, 1.165) is 44.2 Å². The molecular weight excluding hydrogens is 468 g/mol. The summed E-state index contributed by atoms with van der Waals surface area (Å²) in [5, 5.41) is 9.06. The van der Waals surface area contributed by atoms with Gasteiger partial charge < -0.3 is 20.5 Å². The highest BCUT2D eigenvalue weighted by Gasteiger charge is 2.32. The molecule has 37 heavy (non-hydrogen) atoms. The van der Waals surface area contributed by atoms with Gasteiger partial charge in [0, 0.05) is 18.5 Å². The molecule has 1 atom stereocenters. The smallest absolute Gasteiger partial charge is 0.303 e. The molecule has 5 rings (SSSR count). The first-order valence-corrected chi connectivity index (χ1v) is 13.2. The fourth-order valence-electron chi connectivity index (χ4n) is 5.78. The average Bonchev–Trinajstić information content (AvgIpc) is 3.07. The number of carboxylic acids is 1. The number of hydrogen-bond acceptors (Lipinski definition) is 6. The molecule has 2 aromatic rings. The molecule has 0 saturated heterocycles. The van der Waals surface area contributed by atoms with Gasteiger partial charge in [-0.2, -0.15) is 4.98 Å². The predicted molar refractivity (Wildman–Crippen MR) is 140 cm³/mol. The number of hydrogen-bond donors (Lipinski definition) is 2. The molecule has 2 aliphatic carbocycles. The lowest BCUT2D eigenvalue weighted by molar-refractivity contribution is -0.138. The van der Waals surface area contributed by atoms with Crippen LogP contribution < -0.4 is 10.5 Å². The molecule has 3 aliphatic rings. The van der Waals surface area contributed by atoms with Gasteiger partial charge in [0.15, 0.2) is 0 Å². The number of nitrogen functional groups attached to an aromatic ring is 1. The Bertz CT molecular complexity index is 1200. The Morgan fingerprint density at radius 2 is 1.89 bits per heavy atom. The van der Waals surface area contributed by atoms with Crippen LogP contribution in [0.4, 0.5) is 5.82 Å². The van der Waals surface area contributed by atoms with Crippen LogP contribution in [-0.2, 0) is 17.6 Å². The molecule has 194 valence electrons. The maximum Gasteiger partial charge on any atom is 0.303 e. The molecule has 1 saturated carbocycles. The van der Waals surface area contributed by atoms with Gasteiger partial charge in [-0.05, 0) is 67.9 Å². The van der Waals surface area contributed by atoms with Gasteiger partial charge >= 0.3 is 5.97 Å². The lowest BCUT2D eigenvalue weighted by atomic mass is 9.73. The number of ether oxygens (including phenoxy) is 1. The molecule has 3 N–H and O–H groups in total. The summed E-state index contributed by atoms with van der Waals surface area (Å²) in [6.07, 6.45) is 13.0. The summed E-state index contributed by atoms with van der Waals surface area (Å²) in [5.74, 6) is 1.33. The van der Waals surface area contributed by atoms with Crippen LogP contribution in [0.25, 0.3) is 0 Å². The molecule has 0 radical (unpaired) electrons. The van der Waals surface area contributed by atoms with E-state index in [1.165, 1.54) is 5.56 Å². The van der Waals surface area contributed by atoms with Crippen molar-refractivity contribution in [2.75, 3.05) is 18.9 Å². The van der Waals surface area contributed by atoms with Gasteiger partial charge in [0.25, 0.3) is 5.91 Å². The third-order valence-corrected chi connectivity index (χ3v) is 7.83. The fourth-order valence-corrected chi connectivity index (χ4v) is 5.78. The first kappa shape index (κ1) is 25.0. The molecule has 0 bridgehead atoms. The molecule has 2 heterocycles. The summed E-state index contributed by atoms with van der Waals surface area (Å²) in [6.45, 7) is 0.741. The number of aryl methyl sites for hydroxylation is 2. The number of benzene rings is 1. The Kier molecular flexibility index (Phi) is 7.53. The molecule has 1 aliphatic heterocycles. The van der Waals surface area contributed by atoms with Crippen LogP contribution in [0.3, 0.4) is 0 Å². The quantitative estimate of drug-likeness (QED) is 0.575. The molecule has 8 heteroatoms. The van der Waals surface area contributed by atoms with E-state index < -0.39 is 5.97 Å². The molecule has 0 spiro atoms. The molecule has 1 unspecified atom stereocenters. The third kappa shape index (κ3) is 5.84. The van der Waals surface area contributed by atoms with Crippen LogP contribution in [0.1, 0.15) is 60.3 Å². The number of allylic oxidation sites excluding steroid dienone is 3. The van der Waals surface area contributed by atoms with Gasteiger partial charge in [-0.1, -0.05) is 42.5 Å². The monoisotopic (exact) mass is 502 g/mol. The minimum atomic E-state index is -0.698. The Morgan fingerprint density at radius 3 is 2.59 bits per heavy atom. The highest BCUT2D eigenvalue weighted by Crippen LogP contribution is 2.39. The number of nitrogens with two attached hydrogens (primary N) is 1. The summed E-state index contributed by atoms with van der Waals surface area (Å²) < 4.78 is 5.88. The van der Waals surface area contributed by atoms with Crippen molar-refractivity contribution < 1.29 is 19.4 Å². The molecule has 1 aromatic carbocycles. The van der Waals surface area contributed by atoms with Crippen molar-refractivity contribution in [3.05, 3.63) is 71.2 Å². The van der Waals surface area contributed by atoms with Gasteiger partial charge in [-0.3, -0.25) is 9.59 Å². The number of carbonyl (C=O) groups is 2. The van der Waals surface area contributed by atoms with Crippen molar-refractivity contribution in [1.82, 2.24) is 14.9 Å². The van der Waals surface area contributed by atoms with Crippen LogP contribution in [-0.4, -0.2) is 45.0 Å². The van der Waals surface area contributed by atoms with E-state index in [-0.39, 0.29) is 29.6 Å². The Morgan fingerprint density at radius 1 is 1.11 bits per heavy atom. The molecule has 1 fully saturated rings. The van der Waals surface area contributed by atoms with Crippen molar-refractivity contribution in [2.24, 2.45) is 17.8 Å². The molecule has 1 aromatic heterocycles. The van der Waals surface area contributed by atoms with Gasteiger partial charge in [0.2, 0.25) is 5.88 Å². The molecule has 8 nitrogen and oxygen atoms in total. The van der Waals surface area contributed by atoms with E-state index in [0.29, 0.717) is 43.2 Å². The number of anilines is 1. The Balaban J connectivity index is 1.23. The van der Waals surface area contributed by atoms with Crippen molar-refractivity contribution >= 4 is 17.7 Å². The largest absolute Gasteiger partial charge is 0.481 e. The number of carbonyl (C=O) groups excluding carboxylic acids is 1. The molecular formula is C29H34N4O4. The maximum atomic E-state index is 13.5. The lowest BCUT2D eigenvalue weighted by Gasteiger charge is -2.33. The summed E-state index contributed by atoms with van der Waals surface area (Å²) in [5.41, 5.74) is 8.54. The number of rotatable bonds is 7. The SMILES string of the molecule is Nc1nc(CCc2ccccc2)nc2c1C(=O)N(C1=CCC(C3CCC(CC(=O)O)CC3)C=C1)CCO2. The highest BCUT2D eigenvalue weighted by atomic mass is 16.5. The normalized spacial score (nSPS) is 23.6. The highest BCUT2D eigenvalue weighted by molar-refractivity contribution is 6.01. The summed E-state index contributed by atoms with van der Waals surface area (Å²) >= 11 is 0. The number of fused-ring (bicyclic) bond motifs is 1. The van der Waals surface area contributed by atoms with E-state index in [1.807, 2.05) is 24.3 Å². The van der Waals surface area contributed by atoms with Gasteiger partial charge in [-0.15, -0.1) is 0 Å². The zero-order chi connectivity index (χ0) is 25.8. The minimum absolute atomic E-state index is 0.154. The number of aliphatic carboxylic acids is 1. The second-order valence-electron chi connectivity index (χ2n) is 10.3.